The van der Waals surface area contributed by atoms with Crippen LogP contribution in [0.3, 0.4) is 0 Å². The molecule has 1 heterocycles. The molecule has 0 radical (unpaired) electrons. The number of carbonyl (C=O) groups is 1. The molecule has 1 amide bonds. The smallest absolute Gasteiger partial charge is 0.238 e. The van der Waals surface area contributed by atoms with Gasteiger partial charge in [-0.25, -0.2) is 0 Å². The van der Waals surface area contributed by atoms with Crippen LogP contribution in [0.2, 0.25) is 0 Å². The summed E-state index contributed by atoms with van der Waals surface area (Å²) >= 11 is 0. The molecule has 0 saturated carbocycles. The Hall–Kier alpha value is -0.650. The highest BCUT2D eigenvalue weighted by Gasteiger charge is 2.35. The van der Waals surface area contributed by atoms with Crippen molar-refractivity contribution in [2.45, 2.75) is 38.8 Å². The van der Waals surface area contributed by atoms with Crippen molar-refractivity contribution in [3.63, 3.8) is 0 Å². The van der Waals surface area contributed by atoms with Crippen LogP contribution in [0.4, 0.5) is 0 Å². The van der Waals surface area contributed by atoms with Crippen molar-refractivity contribution in [3.05, 3.63) is 0 Å². The number of likely N-dealkylation sites (tertiary alicyclic amines) is 1. The number of hydrogen-bond acceptors (Lipinski definition) is 4. The minimum absolute atomic E-state index is 0.281. The lowest BCUT2D eigenvalue weighted by molar-refractivity contribution is -0.124. The van der Waals surface area contributed by atoms with Crippen molar-refractivity contribution in [3.8, 4) is 0 Å². The molecule has 106 valence electrons. The number of nitrogens with zero attached hydrogens (tertiary/aromatic N) is 2. The summed E-state index contributed by atoms with van der Waals surface area (Å²) in [6.45, 7) is 11.2. The molecule has 0 bridgehead atoms. The Morgan fingerprint density at radius 3 is 2.56 bits per heavy atom. The van der Waals surface area contributed by atoms with E-state index in [1.165, 1.54) is 6.42 Å². The zero-order valence-electron chi connectivity index (χ0n) is 12.2. The van der Waals surface area contributed by atoms with Crippen molar-refractivity contribution >= 4 is 5.91 Å². The van der Waals surface area contributed by atoms with E-state index in [1.807, 2.05) is 6.92 Å². The molecule has 2 atom stereocenters. The average Bonchev–Trinajstić information content (AvgIpc) is 2.78. The molecule has 18 heavy (non-hydrogen) atoms. The highest BCUT2D eigenvalue weighted by molar-refractivity contribution is 5.84. The molecule has 1 fully saturated rings. The number of amides is 1. The van der Waals surface area contributed by atoms with Gasteiger partial charge < -0.3 is 11.1 Å². The number of nitrogens with one attached hydrogen (secondary N) is 1. The van der Waals surface area contributed by atoms with Gasteiger partial charge in [0, 0.05) is 19.1 Å². The maximum Gasteiger partial charge on any atom is 0.238 e. The van der Waals surface area contributed by atoms with Gasteiger partial charge in [0.2, 0.25) is 5.91 Å². The summed E-state index contributed by atoms with van der Waals surface area (Å²) in [7, 11) is 1.79. The first-order valence-corrected chi connectivity index (χ1v) is 6.92. The second kappa shape index (κ2) is 6.50. The molecule has 0 aromatic heterocycles. The van der Waals surface area contributed by atoms with Crippen LogP contribution >= 0.6 is 0 Å². The van der Waals surface area contributed by atoms with Gasteiger partial charge in [-0.1, -0.05) is 13.8 Å². The molecular weight excluding hydrogens is 228 g/mol. The van der Waals surface area contributed by atoms with E-state index in [9.17, 15) is 4.79 Å². The summed E-state index contributed by atoms with van der Waals surface area (Å²) < 4.78 is 0. The van der Waals surface area contributed by atoms with Crippen molar-refractivity contribution in [2.24, 2.45) is 5.73 Å². The van der Waals surface area contributed by atoms with Crippen LogP contribution in [0.25, 0.3) is 0 Å². The van der Waals surface area contributed by atoms with Crippen LogP contribution in [0, 0.1) is 0 Å². The number of carbonyl (C=O) groups excluding carboxylic acids is 1. The molecule has 5 heteroatoms. The van der Waals surface area contributed by atoms with Crippen LogP contribution in [0.1, 0.15) is 27.2 Å². The maximum absolute atomic E-state index is 11.5. The zero-order valence-corrected chi connectivity index (χ0v) is 12.2. The summed E-state index contributed by atoms with van der Waals surface area (Å²) in [6, 6.07) is 0.619. The predicted molar refractivity (Wildman–Crippen MR) is 74.4 cm³/mol. The average molecular weight is 256 g/mol. The Bertz CT molecular complexity index is 280. The molecule has 1 saturated heterocycles. The molecule has 1 aliphatic heterocycles. The fraction of sp³-hybridized carbons (Fsp3) is 0.923. The van der Waals surface area contributed by atoms with Crippen molar-refractivity contribution in [1.29, 1.82) is 0 Å². The molecule has 2 unspecified atom stereocenters. The summed E-state index contributed by atoms with van der Waals surface area (Å²) in [4.78, 5) is 16.3. The standard InChI is InChI=1S/C13H28N4O/c1-5-17(6-2)11-7-8-16(9-11)10-13(3,15-4)12(14)18/h11,15H,5-10H2,1-4H3,(H2,14,18). The van der Waals surface area contributed by atoms with E-state index in [2.05, 4.69) is 29.0 Å². The SMILES string of the molecule is CCN(CC)C1CCN(CC(C)(NC)C(N)=O)C1. The first kappa shape index (κ1) is 15.4. The van der Waals surface area contributed by atoms with Gasteiger partial charge in [-0.2, -0.15) is 0 Å². The number of nitrogens with two attached hydrogens (primary N) is 1. The quantitative estimate of drug-likeness (QED) is 0.666. The summed E-state index contributed by atoms with van der Waals surface area (Å²) in [5, 5.41) is 3.05. The molecular formula is C13H28N4O. The summed E-state index contributed by atoms with van der Waals surface area (Å²) in [6.07, 6.45) is 1.18. The highest BCUT2D eigenvalue weighted by Crippen LogP contribution is 2.18. The van der Waals surface area contributed by atoms with Crippen LogP contribution in [-0.2, 0) is 4.79 Å². The van der Waals surface area contributed by atoms with Gasteiger partial charge in [-0.05, 0) is 40.0 Å². The first-order chi connectivity index (χ1) is 8.46. The number of likely N-dealkylation sites (N-methyl/N-ethyl adjacent to an activating group) is 2. The fourth-order valence-electron chi connectivity index (χ4n) is 2.72. The van der Waals surface area contributed by atoms with Gasteiger partial charge in [-0.3, -0.25) is 14.6 Å². The summed E-state index contributed by atoms with van der Waals surface area (Å²) in [5.74, 6) is -0.281. The molecule has 0 aliphatic carbocycles. The van der Waals surface area contributed by atoms with E-state index in [0.29, 0.717) is 12.6 Å². The predicted octanol–water partition coefficient (Wildman–Crippen LogP) is -0.134. The summed E-state index contributed by atoms with van der Waals surface area (Å²) in [5.41, 5.74) is 4.84. The van der Waals surface area contributed by atoms with Crippen molar-refractivity contribution in [2.75, 3.05) is 39.8 Å². The van der Waals surface area contributed by atoms with Crippen LogP contribution in [0.5, 0.6) is 0 Å². The largest absolute Gasteiger partial charge is 0.368 e. The topological polar surface area (TPSA) is 61.6 Å². The van der Waals surface area contributed by atoms with Gasteiger partial charge in [0.05, 0.1) is 0 Å². The second-order valence-corrected chi connectivity index (χ2v) is 5.35. The molecule has 3 N–H and O–H groups in total. The number of hydrogen-bond donors (Lipinski definition) is 2. The Morgan fingerprint density at radius 1 is 1.50 bits per heavy atom. The Kier molecular flexibility index (Phi) is 5.56. The van der Waals surface area contributed by atoms with Gasteiger partial charge >= 0.3 is 0 Å². The molecule has 0 aromatic carbocycles. The number of primary amides is 1. The monoisotopic (exact) mass is 256 g/mol. The zero-order chi connectivity index (χ0) is 13.8. The van der Waals surface area contributed by atoms with E-state index in [1.54, 1.807) is 7.05 Å². The highest BCUT2D eigenvalue weighted by atomic mass is 16.1. The van der Waals surface area contributed by atoms with Gasteiger partial charge in [0.25, 0.3) is 0 Å². The van der Waals surface area contributed by atoms with Crippen LogP contribution < -0.4 is 11.1 Å². The minimum atomic E-state index is -0.627. The van der Waals surface area contributed by atoms with E-state index >= 15 is 0 Å². The van der Waals surface area contributed by atoms with E-state index in [4.69, 9.17) is 5.73 Å². The normalized spacial score (nSPS) is 24.4. The minimum Gasteiger partial charge on any atom is -0.368 e. The van der Waals surface area contributed by atoms with Gasteiger partial charge in [-0.15, -0.1) is 0 Å². The van der Waals surface area contributed by atoms with Crippen LogP contribution in [-0.4, -0.2) is 67.1 Å². The van der Waals surface area contributed by atoms with Gasteiger partial charge in [0.15, 0.2) is 0 Å². The molecule has 0 aromatic rings. The Labute approximate surface area is 111 Å². The molecule has 1 rings (SSSR count). The third-order valence-electron chi connectivity index (χ3n) is 4.21. The van der Waals surface area contributed by atoms with Crippen LogP contribution in [0.15, 0.2) is 0 Å². The van der Waals surface area contributed by atoms with E-state index in [-0.39, 0.29) is 5.91 Å². The Morgan fingerprint density at radius 2 is 2.11 bits per heavy atom. The lowest BCUT2D eigenvalue weighted by atomic mass is 10.0. The third kappa shape index (κ3) is 3.43. The lowest BCUT2D eigenvalue weighted by Crippen LogP contribution is -2.58. The van der Waals surface area contributed by atoms with Crippen molar-refractivity contribution in [1.82, 2.24) is 15.1 Å². The van der Waals surface area contributed by atoms with E-state index < -0.39 is 5.54 Å². The molecule has 0 spiro atoms. The Balaban J connectivity index is 2.54. The number of rotatable bonds is 7. The first-order valence-electron chi connectivity index (χ1n) is 6.92. The molecule has 1 aliphatic rings. The van der Waals surface area contributed by atoms with E-state index in [0.717, 1.165) is 26.2 Å². The molecule has 5 nitrogen and oxygen atoms in total. The second-order valence-electron chi connectivity index (χ2n) is 5.35. The third-order valence-corrected chi connectivity index (χ3v) is 4.21. The lowest BCUT2D eigenvalue weighted by Gasteiger charge is -2.31. The fourth-order valence-corrected chi connectivity index (χ4v) is 2.72. The van der Waals surface area contributed by atoms with Gasteiger partial charge in [0.1, 0.15) is 5.54 Å². The van der Waals surface area contributed by atoms with Crippen molar-refractivity contribution < 1.29 is 4.79 Å². The maximum atomic E-state index is 11.5.